The highest BCUT2D eigenvalue weighted by Gasteiger charge is 2.28. The quantitative estimate of drug-likeness (QED) is 0.842. The summed E-state index contributed by atoms with van der Waals surface area (Å²) in [7, 11) is 0. The largest absolute Gasteiger partial charge is 0.353 e. The highest BCUT2D eigenvalue weighted by Crippen LogP contribution is 2.21. The summed E-state index contributed by atoms with van der Waals surface area (Å²) in [5.41, 5.74) is 1.30. The van der Waals surface area contributed by atoms with Crippen LogP contribution in [0.4, 0.5) is 0 Å². The molecule has 26 heavy (non-hydrogen) atoms. The normalized spacial score (nSPS) is 16.3. The Kier molecular flexibility index (Phi) is 6.45. The van der Waals surface area contributed by atoms with Gasteiger partial charge in [-0.25, -0.2) is 0 Å². The van der Waals surface area contributed by atoms with Crippen LogP contribution in [0.15, 0.2) is 47.8 Å². The number of hydrogen-bond acceptors (Lipinski definition) is 3. The SMILES string of the molecule is CC(CCc1ccccc1)NC(=O)C1CCN(C(=O)c2cccs2)CC1. The van der Waals surface area contributed by atoms with Crippen molar-refractivity contribution in [3.05, 3.63) is 58.3 Å². The first kappa shape index (κ1) is 18.6. The smallest absolute Gasteiger partial charge is 0.263 e. The van der Waals surface area contributed by atoms with E-state index in [0.29, 0.717) is 13.1 Å². The zero-order valence-electron chi connectivity index (χ0n) is 15.2. The van der Waals surface area contributed by atoms with Crippen LogP contribution in [0.5, 0.6) is 0 Å². The fourth-order valence-corrected chi connectivity index (χ4v) is 4.05. The minimum absolute atomic E-state index is 0.0153. The third-order valence-corrected chi connectivity index (χ3v) is 5.84. The first-order valence-corrected chi connectivity index (χ1v) is 10.2. The average molecular weight is 371 g/mol. The molecule has 138 valence electrons. The van der Waals surface area contributed by atoms with Gasteiger partial charge in [-0.2, -0.15) is 0 Å². The van der Waals surface area contributed by atoms with E-state index in [9.17, 15) is 9.59 Å². The lowest BCUT2D eigenvalue weighted by molar-refractivity contribution is -0.126. The predicted molar refractivity (Wildman–Crippen MR) is 105 cm³/mol. The molecule has 1 fully saturated rings. The molecule has 0 aliphatic carbocycles. The molecule has 2 aromatic rings. The number of likely N-dealkylation sites (tertiary alicyclic amines) is 1. The summed E-state index contributed by atoms with van der Waals surface area (Å²) in [6.45, 7) is 3.39. The molecular weight excluding hydrogens is 344 g/mol. The van der Waals surface area contributed by atoms with Crippen molar-refractivity contribution in [3.8, 4) is 0 Å². The van der Waals surface area contributed by atoms with E-state index in [-0.39, 0.29) is 23.8 Å². The van der Waals surface area contributed by atoms with Crippen molar-refractivity contribution in [1.29, 1.82) is 0 Å². The van der Waals surface area contributed by atoms with Gasteiger partial charge in [0.15, 0.2) is 0 Å². The molecule has 2 amide bonds. The summed E-state index contributed by atoms with van der Waals surface area (Å²) in [5, 5.41) is 5.07. The van der Waals surface area contributed by atoms with Crippen molar-refractivity contribution < 1.29 is 9.59 Å². The maximum atomic E-state index is 12.5. The molecule has 1 aliphatic heterocycles. The third-order valence-electron chi connectivity index (χ3n) is 4.98. The maximum absolute atomic E-state index is 12.5. The molecule has 2 heterocycles. The van der Waals surface area contributed by atoms with Crippen LogP contribution in [0.1, 0.15) is 41.4 Å². The number of hydrogen-bond donors (Lipinski definition) is 1. The number of piperidine rings is 1. The molecule has 1 aromatic carbocycles. The molecule has 0 saturated carbocycles. The van der Waals surface area contributed by atoms with Crippen molar-refractivity contribution in [2.24, 2.45) is 5.92 Å². The Morgan fingerprint density at radius 3 is 2.54 bits per heavy atom. The molecule has 1 aromatic heterocycles. The zero-order chi connectivity index (χ0) is 18.4. The molecule has 5 heteroatoms. The Morgan fingerprint density at radius 1 is 1.15 bits per heavy atom. The second kappa shape index (κ2) is 8.99. The second-order valence-corrected chi connectivity index (χ2v) is 7.93. The summed E-state index contributed by atoms with van der Waals surface area (Å²) in [5.74, 6) is 0.241. The zero-order valence-corrected chi connectivity index (χ0v) is 16.0. The van der Waals surface area contributed by atoms with Gasteiger partial charge in [0, 0.05) is 25.0 Å². The van der Waals surface area contributed by atoms with Crippen LogP contribution in [0.3, 0.4) is 0 Å². The highest BCUT2D eigenvalue weighted by molar-refractivity contribution is 7.12. The van der Waals surface area contributed by atoms with E-state index >= 15 is 0 Å². The minimum Gasteiger partial charge on any atom is -0.353 e. The van der Waals surface area contributed by atoms with Crippen LogP contribution in [-0.4, -0.2) is 35.8 Å². The lowest BCUT2D eigenvalue weighted by Crippen LogP contribution is -2.44. The Bertz CT molecular complexity index is 707. The molecule has 0 spiro atoms. The van der Waals surface area contributed by atoms with Crippen molar-refractivity contribution in [2.45, 2.75) is 38.6 Å². The van der Waals surface area contributed by atoms with E-state index in [4.69, 9.17) is 0 Å². The fourth-order valence-electron chi connectivity index (χ4n) is 3.36. The van der Waals surface area contributed by atoms with Gasteiger partial charge in [-0.15, -0.1) is 11.3 Å². The van der Waals surface area contributed by atoms with Gasteiger partial charge < -0.3 is 10.2 Å². The average Bonchev–Trinajstić information content (AvgIpc) is 3.21. The molecule has 4 nitrogen and oxygen atoms in total. The molecule has 1 unspecified atom stereocenters. The van der Waals surface area contributed by atoms with Crippen molar-refractivity contribution >= 4 is 23.2 Å². The number of carbonyl (C=O) groups is 2. The van der Waals surface area contributed by atoms with Gasteiger partial charge in [0.25, 0.3) is 5.91 Å². The van der Waals surface area contributed by atoms with Gasteiger partial charge >= 0.3 is 0 Å². The van der Waals surface area contributed by atoms with Gasteiger partial charge in [-0.3, -0.25) is 9.59 Å². The minimum atomic E-state index is 0.0153. The van der Waals surface area contributed by atoms with Gasteiger partial charge in [0.2, 0.25) is 5.91 Å². The van der Waals surface area contributed by atoms with E-state index in [1.807, 2.05) is 40.6 Å². The molecule has 1 N–H and O–H groups in total. The summed E-state index contributed by atoms with van der Waals surface area (Å²) in [6.07, 6.45) is 3.39. The van der Waals surface area contributed by atoms with Gasteiger partial charge in [0.1, 0.15) is 0 Å². The molecule has 0 radical (unpaired) electrons. The van der Waals surface area contributed by atoms with Gasteiger partial charge in [-0.05, 0) is 49.6 Å². The number of rotatable bonds is 6. The van der Waals surface area contributed by atoms with Crippen LogP contribution >= 0.6 is 11.3 Å². The lowest BCUT2D eigenvalue weighted by atomic mass is 9.95. The number of nitrogens with one attached hydrogen (secondary N) is 1. The van der Waals surface area contributed by atoms with Gasteiger partial charge in [0.05, 0.1) is 4.88 Å². The Balaban J connectivity index is 1.41. The summed E-state index contributed by atoms with van der Waals surface area (Å²) in [4.78, 5) is 27.5. The van der Waals surface area contributed by atoms with Gasteiger partial charge in [-0.1, -0.05) is 36.4 Å². The predicted octanol–water partition coefficient (Wildman–Crippen LogP) is 3.74. The van der Waals surface area contributed by atoms with E-state index in [2.05, 4.69) is 24.4 Å². The summed E-state index contributed by atoms with van der Waals surface area (Å²) >= 11 is 1.47. The van der Waals surface area contributed by atoms with E-state index in [0.717, 1.165) is 30.6 Å². The van der Waals surface area contributed by atoms with Crippen LogP contribution in [0.25, 0.3) is 0 Å². The van der Waals surface area contributed by atoms with Crippen molar-refractivity contribution in [2.75, 3.05) is 13.1 Å². The van der Waals surface area contributed by atoms with Crippen LogP contribution in [0.2, 0.25) is 0 Å². The lowest BCUT2D eigenvalue weighted by Gasteiger charge is -2.31. The first-order valence-electron chi connectivity index (χ1n) is 9.30. The van der Waals surface area contributed by atoms with E-state index in [1.165, 1.54) is 16.9 Å². The third kappa shape index (κ3) is 4.94. The number of carbonyl (C=O) groups excluding carboxylic acids is 2. The summed E-state index contributed by atoms with van der Waals surface area (Å²) < 4.78 is 0. The molecular formula is C21H26N2O2S. The molecule has 1 saturated heterocycles. The van der Waals surface area contributed by atoms with Crippen LogP contribution < -0.4 is 5.32 Å². The van der Waals surface area contributed by atoms with Crippen LogP contribution in [-0.2, 0) is 11.2 Å². The number of amides is 2. The highest BCUT2D eigenvalue weighted by atomic mass is 32.1. The van der Waals surface area contributed by atoms with Crippen molar-refractivity contribution in [1.82, 2.24) is 10.2 Å². The fraction of sp³-hybridized carbons (Fsp3) is 0.429. The molecule has 1 atom stereocenters. The topological polar surface area (TPSA) is 49.4 Å². The Morgan fingerprint density at radius 2 is 1.88 bits per heavy atom. The monoisotopic (exact) mass is 370 g/mol. The number of thiophene rings is 1. The number of benzene rings is 1. The van der Waals surface area contributed by atoms with Crippen molar-refractivity contribution in [3.63, 3.8) is 0 Å². The van der Waals surface area contributed by atoms with E-state index < -0.39 is 0 Å². The number of nitrogens with zero attached hydrogens (tertiary/aromatic N) is 1. The number of aryl methyl sites for hydroxylation is 1. The Labute approximate surface area is 159 Å². The first-order chi connectivity index (χ1) is 12.6. The molecule has 1 aliphatic rings. The maximum Gasteiger partial charge on any atom is 0.263 e. The second-order valence-electron chi connectivity index (χ2n) is 6.98. The standard InChI is InChI=1S/C21H26N2O2S/c1-16(9-10-17-6-3-2-4-7-17)22-20(24)18-11-13-23(14-12-18)21(25)19-8-5-15-26-19/h2-8,15-16,18H,9-14H2,1H3,(H,22,24). The summed E-state index contributed by atoms with van der Waals surface area (Å²) in [6, 6.07) is 14.3. The van der Waals surface area contributed by atoms with Crippen LogP contribution in [0, 0.1) is 5.92 Å². The Hall–Kier alpha value is -2.14. The molecule has 0 bridgehead atoms. The molecule has 3 rings (SSSR count). The van der Waals surface area contributed by atoms with E-state index in [1.54, 1.807) is 0 Å².